The van der Waals surface area contributed by atoms with Gasteiger partial charge in [0.05, 0.1) is 5.02 Å². The van der Waals surface area contributed by atoms with Gasteiger partial charge in [0.25, 0.3) is 0 Å². The van der Waals surface area contributed by atoms with E-state index in [1.54, 1.807) is 12.1 Å². The Hall–Kier alpha value is -2.65. The highest BCUT2D eigenvalue weighted by Gasteiger charge is 2.03. The maximum atomic E-state index is 9.42. The van der Waals surface area contributed by atoms with Crippen molar-refractivity contribution in [2.45, 2.75) is 13.5 Å². The number of phenolic OH excluding ortho intramolecular Hbond substituents is 1. The Morgan fingerprint density at radius 3 is 2.38 bits per heavy atom. The summed E-state index contributed by atoms with van der Waals surface area (Å²) in [5.41, 5.74) is 2.17. The van der Waals surface area contributed by atoms with E-state index < -0.39 is 0 Å². The van der Waals surface area contributed by atoms with Crippen molar-refractivity contribution in [3.05, 3.63) is 82.9 Å². The number of halogens is 1. The molecule has 3 nitrogen and oxygen atoms in total. The van der Waals surface area contributed by atoms with E-state index >= 15 is 0 Å². The second-order valence-corrected chi connectivity index (χ2v) is 5.87. The maximum Gasteiger partial charge on any atom is 0.134 e. The Morgan fingerprint density at radius 2 is 1.62 bits per heavy atom. The number of aromatic hydroxyl groups is 1. The minimum atomic E-state index is 0.0394. The molecule has 3 aromatic rings. The third-order valence-electron chi connectivity index (χ3n) is 3.48. The topological polar surface area (TPSA) is 38.7 Å². The van der Waals surface area contributed by atoms with Gasteiger partial charge < -0.3 is 14.6 Å². The Labute approximate surface area is 146 Å². The molecule has 0 radical (unpaired) electrons. The number of phenols is 1. The van der Waals surface area contributed by atoms with Gasteiger partial charge in [-0.15, -0.1) is 0 Å². The molecule has 0 fully saturated rings. The van der Waals surface area contributed by atoms with E-state index in [1.165, 1.54) is 11.6 Å². The van der Waals surface area contributed by atoms with Gasteiger partial charge in [-0.3, -0.25) is 0 Å². The number of rotatable bonds is 5. The molecule has 1 N–H and O–H groups in total. The summed E-state index contributed by atoms with van der Waals surface area (Å²) in [6, 6.07) is 20.4. The van der Waals surface area contributed by atoms with Gasteiger partial charge in [0.15, 0.2) is 0 Å². The number of hydrogen-bond acceptors (Lipinski definition) is 3. The van der Waals surface area contributed by atoms with E-state index in [0.717, 1.165) is 17.1 Å². The Bertz CT molecular complexity index is 829. The normalized spacial score (nSPS) is 10.4. The predicted octanol–water partition coefficient (Wildman–Crippen LogP) is 5.73. The van der Waals surface area contributed by atoms with Gasteiger partial charge in [-0.05, 0) is 48.9 Å². The lowest BCUT2D eigenvalue weighted by Crippen LogP contribution is -1.96. The summed E-state index contributed by atoms with van der Waals surface area (Å²) in [4.78, 5) is 0. The second-order valence-electron chi connectivity index (χ2n) is 5.46. The highest BCUT2D eigenvalue weighted by molar-refractivity contribution is 6.32. The molecule has 3 rings (SSSR count). The molecule has 0 bridgehead atoms. The zero-order valence-corrected chi connectivity index (χ0v) is 14.0. The van der Waals surface area contributed by atoms with Crippen LogP contribution in [0.2, 0.25) is 5.02 Å². The Balaban J connectivity index is 1.66. The summed E-state index contributed by atoms with van der Waals surface area (Å²) < 4.78 is 11.5. The van der Waals surface area contributed by atoms with Crippen LogP contribution in [0.25, 0.3) is 0 Å². The first-order valence-electron chi connectivity index (χ1n) is 7.55. The summed E-state index contributed by atoms with van der Waals surface area (Å²) in [6.07, 6.45) is 0. The molecule has 0 saturated heterocycles. The van der Waals surface area contributed by atoms with Gasteiger partial charge >= 0.3 is 0 Å². The van der Waals surface area contributed by atoms with Crippen molar-refractivity contribution in [2.24, 2.45) is 0 Å². The average molecular weight is 341 g/mol. The van der Waals surface area contributed by atoms with E-state index in [9.17, 15) is 5.11 Å². The maximum absolute atomic E-state index is 9.42. The van der Waals surface area contributed by atoms with Crippen LogP contribution >= 0.6 is 11.6 Å². The Morgan fingerprint density at radius 1 is 0.875 bits per heavy atom. The molecule has 0 aliphatic carbocycles. The van der Waals surface area contributed by atoms with Gasteiger partial charge in [0, 0.05) is 6.07 Å². The summed E-state index contributed by atoms with van der Waals surface area (Å²) in [5.74, 6) is 2.19. The lowest BCUT2D eigenvalue weighted by molar-refractivity contribution is 0.305. The number of ether oxygens (including phenoxy) is 2. The molecule has 0 aromatic heterocycles. The van der Waals surface area contributed by atoms with Crippen molar-refractivity contribution in [3.8, 4) is 23.0 Å². The van der Waals surface area contributed by atoms with Gasteiger partial charge in [0.2, 0.25) is 0 Å². The van der Waals surface area contributed by atoms with Crippen LogP contribution in [0.1, 0.15) is 11.1 Å². The first kappa shape index (κ1) is 16.2. The van der Waals surface area contributed by atoms with Crippen LogP contribution in [0.3, 0.4) is 0 Å². The van der Waals surface area contributed by atoms with Crippen LogP contribution in [0, 0.1) is 6.92 Å². The molecule has 0 aliphatic heterocycles. The minimum absolute atomic E-state index is 0.0394. The molecule has 4 heteroatoms. The van der Waals surface area contributed by atoms with E-state index in [0.29, 0.717) is 12.4 Å². The van der Waals surface area contributed by atoms with E-state index in [-0.39, 0.29) is 10.8 Å². The van der Waals surface area contributed by atoms with E-state index in [2.05, 4.69) is 0 Å². The standard InChI is InChI=1S/C20H17ClO3/c1-14-5-7-16(8-6-14)24-18-4-2-3-15(11-18)13-23-17-9-10-20(22)19(21)12-17/h2-12,22H,13H2,1H3. The summed E-state index contributed by atoms with van der Waals surface area (Å²) in [5, 5.41) is 9.69. The van der Waals surface area contributed by atoms with Gasteiger partial charge in [0.1, 0.15) is 29.6 Å². The molecule has 0 amide bonds. The molecule has 0 aliphatic rings. The van der Waals surface area contributed by atoms with Crippen molar-refractivity contribution in [1.82, 2.24) is 0 Å². The molecule has 0 heterocycles. The fraction of sp³-hybridized carbons (Fsp3) is 0.100. The zero-order chi connectivity index (χ0) is 16.9. The third-order valence-corrected chi connectivity index (χ3v) is 3.78. The lowest BCUT2D eigenvalue weighted by atomic mass is 10.2. The Kier molecular flexibility index (Phi) is 4.92. The molecule has 0 unspecified atom stereocenters. The monoisotopic (exact) mass is 340 g/mol. The molecule has 24 heavy (non-hydrogen) atoms. The predicted molar refractivity (Wildman–Crippen MR) is 95.1 cm³/mol. The van der Waals surface area contributed by atoms with Crippen molar-refractivity contribution in [1.29, 1.82) is 0 Å². The second kappa shape index (κ2) is 7.28. The quantitative estimate of drug-likeness (QED) is 0.645. The minimum Gasteiger partial charge on any atom is -0.506 e. The van der Waals surface area contributed by atoms with E-state index in [4.69, 9.17) is 21.1 Å². The van der Waals surface area contributed by atoms with Crippen molar-refractivity contribution >= 4 is 11.6 Å². The van der Waals surface area contributed by atoms with Crippen LogP contribution in [0.4, 0.5) is 0 Å². The van der Waals surface area contributed by atoms with Gasteiger partial charge in [-0.25, -0.2) is 0 Å². The number of benzene rings is 3. The zero-order valence-electron chi connectivity index (χ0n) is 13.2. The first-order valence-corrected chi connectivity index (χ1v) is 7.93. The summed E-state index contributed by atoms with van der Waals surface area (Å²) in [7, 11) is 0. The fourth-order valence-corrected chi connectivity index (χ4v) is 2.36. The SMILES string of the molecule is Cc1ccc(Oc2cccc(COc3ccc(O)c(Cl)c3)c2)cc1. The van der Waals surface area contributed by atoms with Crippen LogP contribution < -0.4 is 9.47 Å². The molecule has 122 valence electrons. The molecule has 0 spiro atoms. The third kappa shape index (κ3) is 4.21. The fourth-order valence-electron chi connectivity index (χ4n) is 2.19. The van der Waals surface area contributed by atoms with Crippen molar-refractivity contribution in [3.63, 3.8) is 0 Å². The average Bonchev–Trinajstić information content (AvgIpc) is 2.58. The number of aryl methyl sites for hydroxylation is 1. The van der Waals surface area contributed by atoms with Crippen molar-refractivity contribution in [2.75, 3.05) is 0 Å². The smallest absolute Gasteiger partial charge is 0.134 e. The summed E-state index contributed by atoms with van der Waals surface area (Å²) in [6.45, 7) is 2.42. The molecular formula is C20H17ClO3. The molecule has 3 aromatic carbocycles. The summed E-state index contributed by atoms with van der Waals surface area (Å²) >= 11 is 5.87. The first-order chi connectivity index (χ1) is 11.6. The van der Waals surface area contributed by atoms with Gasteiger partial charge in [-0.2, -0.15) is 0 Å². The van der Waals surface area contributed by atoms with Crippen LogP contribution in [-0.2, 0) is 6.61 Å². The lowest BCUT2D eigenvalue weighted by Gasteiger charge is -2.10. The molecular weight excluding hydrogens is 324 g/mol. The number of hydrogen-bond donors (Lipinski definition) is 1. The molecule has 0 atom stereocenters. The van der Waals surface area contributed by atoms with E-state index in [1.807, 2.05) is 55.5 Å². The van der Waals surface area contributed by atoms with Crippen LogP contribution in [0.15, 0.2) is 66.7 Å². The highest BCUT2D eigenvalue weighted by Crippen LogP contribution is 2.28. The van der Waals surface area contributed by atoms with Gasteiger partial charge in [-0.1, -0.05) is 41.4 Å². The largest absolute Gasteiger partial charge is 0.506 e. The van der Waals surface area contributed by atoms with Crippen LogP contribution in [-0.4, -0.2) is 5.11 Å². The molecule has 0 saturated carbocycles. The highest BCUT2D eigenvalue weighted by atomic mass is 35.5. The van der Waals surface area contributed by atoms with Crippen LogP contribution in [0.5, 0.6) is 23.0 Å². The van der Waals surface area contributed by atoms with Crippen molar-refractivity contribution < 1.29 is 14.6 Å².